The molecule has 448 valence electrons. The number of esters is 3. The van der Waals surface area contributed by atoms with Crippen LogP contribution < -0.4 is 0 Å². The number of rotatable bonds is 64. The molecular formula is C70H132O6. The van der Waals surface area contributed by atoms with Gasteiger partial charge in [-0.25, -0.2) is 0 Å². The molecule has 0 aliphatic carbocycles. The third kappa shape index (κ3) is 62.7. The van der Waals surface area contributed by atoms with E-state index >= 15 is 0 Å². The standard InChI is InChI=1S/C70H132O6/c1-4-7-10-13-16-19-22-25-27-29-31-33-35-37-38-40-42-45-48-51-54-57-60-63-69(72)75-66-67(65-74-68(71)62-59-56-53-50-47-44-24-21-18-15-12-9-6-3)76-70(73)64-61-58-55-52-49-46-43-41-39-36-34-32-30-28-26-23-20-17-14-11-8-5-2/h22,25,29,31,67H,4-21,23-24,26-28,30,32-66H2,1-3H3/b25-22-,31-29-. The van der Waals surface area contributed by atoms with Crippen LogP contribution in [0.5, 0.6) is 0 Å². The third-order valence-electron chi connectivity index (χ3n) is 15.7. The van der Waals surface area contributed by atoms with E-state index in [0.717, 1.165) is 64.2 Å². The lowest BCUT2D eigenvalue weighted by Crippen LogP contribution is -2.30. The molecule has 0 N–H and O–H groups in total. The molecule has 0 amide bonds. The molecule has 0 radical (unpaired) electrons. The summed E-state index contributed by atoms with van der Waals surface area (Å²) in [5, 5.41) is 0. The van der Waals surface area contributed by atoms with Crippen LogP contribution in [0.15, 0.2) is 24.3 Å². The number of allylic oxidation sites excluding steroid dienone is 4. The first-order valence-corrected chi connectivity index (χ1v) is 34.3. The summed E-state index contributed by atoms with van der Waals surface area (Å²) in [6, 6.07) is 0. The van der Waals surface area contributed by atoms with Crippen LogP contribution >= 0.6 is 0 Å². The predicted octanol–water partition coefficient (Wildman–Crippen LogP) is 23.4. The lowest BCUT2D eigenvalue weighted by molar-refractivity contribution is -0.167. The summed E-state index contributed by atoms with van der Waals surface area (Å²) in [5.41, 5.74) is 0. The molecule has 0 aromatic heterocycles. The van der Waals surface area contributed by atoms with Crippen molar-refractivity contribution in [1.29, 1.82) is 0 Å². The summed E-state index contributed by atoms with van der Waals surface area (Å²) >= 11 is 0. The van der Waals surface area contributed by atoms with Gasteiger partial charge in [-0.3, -0.25) is 14.4 Å². The van der Waals surface area contributed by atoms with Gasteiger partial charge in [0, 0.05) is 19.3 Å². The van der Waals surface area contributed by atoms with Gasteiger partial charge in [-0.05, 0) is 51.4 Å². The van der Waals surface area contributed by atoms with E-state index in [9.17, 15) is 14.4 Å². The molecule has 0 fully saturated rings. The molecule has 1 atom stereocenters. The highest BCUT2D eigenvalue weighted by Crippen LogP contribution is 2.18. The van der Waals surface area contributed by atoms with E-state index in [0.29, 0.717) is 19.3 Å². The maximum absolute atomic E-state index is 12.9. The molecule has 1 unspecified atom stereocenters. The van der Waals surface area contributed by atoms with Gasteiger partial charge in [0.25, 0.3) is 0 Å². The summed E-state index contributed by atoms with van der Waals surface area (Å²) in [6.07, 6.45) is 79.1. The molecule has 0 aromatic rings. The molecule has 6 nitrogen and oxygen atoms in total. The lowest BCUT2D eigenvalue weighted by Gasteiger charge is -2.18. The summed E-state index contributed by atoms with van der Waals surface area (Å²) in [7, 11) is 0. The van der Waals surface area contributed by atoms with E-state index < -0.39 is 6.10 Å². The van der Waals surface area contributed by atoms with Crippen LogP contribution in [0.2, 0.25) is 0 Å². The van der Waals surface area contributed by atoms with Crippen molar-refractivity contribution in [1.82, 2.24) is 0 Å². The fraction of sp³-hybridized carbons (Fsp3) is 0.900. The van der Waals surface area contributed by atoms with E-state index in [1.807, 2.05) is 0 Å². The lowest BCUT2D eigenvalue weighted by atomic mass is 10.0. The van der Waals surface area contributed by atoms with Crippen LogP contribution in [0.1, 0.15) is 387 Å². The first kappa shape index (κ1) is 73.9. The van der Waals surface area contributed by atoms with Crippen molar-refractivity contribution in [2.75, 3.05) is 13.2 Å². The van der Waals surface area contributed by atoms with Crippen molar-refractivity contribution in [2.24, 2.45) is 0 Å². The van der Waals surface area contributed by atoms with Crippen molar-refractivity contribution in [2.45, 2.75) is 393 Å². The number of hydrogen-bond donors (Lipinski definition) is 0. The van der Waals surface area contributed by atoms with E-state index in [4.69, 9.17) is 14.2 Å². The molecular weight excluding hydrogens is 937 g/mol. The first-order chi connectivity index (χ1) is 37.5. The Hall–Kier alpha value is -2.11. The summed E-state index contributed by atoms with van der Waals surface area (Å²) in [4.78, 5) is 38.4. The molecule has 0 rings (SSSR count). The van der Waals surface area contributed by atoms with E-state index in [1.54, 1.807) is 0 Å². The van der Waals surface area contributed by atoms with E-state index in [2.05, 4.69) is 45.1 Å². The fourth-order valence-corrected chi connectivity index (χ4v) is 10.5. The van der Waals surface area contributed by atoms with Gasteiger partial charge in [0.2, 0.25) is 0 Å². The second-order valence-electron chi connectivity index (χ2n) is 23.5. The Morgan fingerprint density at radius 2 is 0.474 bits per heavy atom. The molecule has 0 spiro atoms. The minimum absolute atomic E-state index is 0.0650. The zero-order chi connectivity index (χ0) is 55.0. The molecule has 76 heavy (non-hydrogen) atoms. The highest BCUT2D eigenvalue weighted by atomic mass is 16.6. The SMILES string of the molecule is CCCCCCC/C=C\C/C=C\CCCCCCCCCCCCCC(=O)OCC(COC(=O)CCCCCCCCCCCCCCC)OC(=O)CCCCCCCCCCCCCCCCCCCCCCCC. The minimum Gasteiger partial charge on any atom is -0.462 e. The maximum Gasteiger partial charge on any atom is 0.306 e. The molecule has 0 saturated heterocycles. The van der Waals surface area contributed by atoms with Gasteiger partial charge in [0.05, 0.1) is 0 Å². The monoisotopic (exact) mass is 1070 g/mol. The highest BCUT2D eigenvalue weighted by Gasteiger charge is 2.19. The Labute approximate surface area is 474 Å². The topological polar surface area (TPSA) is 78.9 Å². The van der Waals surface area contributed by atoms with E-state index in [-0.39, 0.29) is 31.1 Å². The molecule has 0 aromatic carbocycles. The molecule has 0 aliphatic heterocycles. The van der Waals surface area contributed by atoms with Crippen LogP contribution in [0, 0.1) is 0 Å². The number of unbranched alkanes of at least 4 members (excludes halogenated alkanes) is 49. The maximum atomic E-state index is 12.9. The number of carbonyl (C=O) groups is 3. The van der Waals surface area contributed by atoms with E-state index in [1.165, 1.54) is 283 Å². The average Bonchev–Trinajstić information content (AvgIpc) is 3.42. The largest absolute Gasteiger partial charge is 0.462 e. The van der Waals surface area contributed by atoms with Crippen molar-refractivity contribution < 1.29 is 28.6 Å². The summed E-state index contributed by atoms with van der Waals surface area (Å²) in [5.74, 6) is -0.835. The smallest absolute Gasteiger partial charge is 0.306 e. The molecule has 0 heterocycles. The Balaban J connectivity index is 4.24. The highest BCUT2D eigenvalue weighted by molar-refractivity contribution is 5.71. The van der Waals surface area contributed by atoms with Gasteiger partial charge in [0.15, 0.2) is 6.10 Å². The summed E-state index contributed by atoms with van der Waals surface area (Å²) in [6.45, 7) is 6.71. The fourth-order valence-electron chi connectivity index (χ4n) is 10.5. The van der Waals surface area contributed by atoms with Gasteiger partial charge in [-0.2, -0.15) is 0 Å². The molecule has 0 bridgehead atoms. The van der Waals surface area contributed by atoms with Crippen molar-refractivity contribution in [3.05, 3.63) is 24.3 Å². The Kier molecular flexibility index (Phi) is 63.6. The van der Waals surface area contributed by atoms with Crippen LogP contribution in [0.3, 0.4) is 0 Å². The zero-order valence-electron chi connectivity index (χ0n) is 51.6. The quantitative estimate of drug-likeness (QED) is 0.0261. The molecule has 6 heteroatoms. The Bertz CT molecular complexity index is 1230. The first-order valence-electron chi connectivity index (χ1n) is 34.3. The van der Waals surface area contributed by atoms with Gasteiger partial charge in [-0.15, -0.1) is 0 Å². The average molecular weight is 1070 g/mol. The number of carbonyl (C=O) groups excluding carboxylic acids is 3. The second-order valence-corrected chi connectivity index (χ2v) is 23.5. The molecule has 0 saturated carbocycles. The second kappa shape index (κ2) is 65.4. The van der Waals surface area contributed by atoms with Crippen molar-refractivity contribution in [3.63, 3.8) is 0 Å². The van der Waals surface area contributed by atoms with Crippen LogP contribution in [0.25, 0.3) is 0 Å². The molecule has 0 aliphatic rings. The van der Waals surface area contributed by atoms with Crippen LogP contribution in [-0.4, -0.2) is 37.2 Å². The van der Waals surface area contributed by atoms with Gasteiger partial charge >= 0.3 is 17.9 Å². The van der Waals surface area contributed by atoms with Gasteiger partial charge in [0.1, 0.15) is 13.2 Å². The third-order valence-corrected chi connectivity index (χ3v) is 15.7. The summed E-state index contributed by atoms with van der Waals surface area (Å²) < 4.78 is 17.0. The van der Waals surface area contributed by atoms with Crippen LogP contribution in [0.4, 0.5) is 0 Å². The Morgan fingerprint density at radius 1 is 0.263 bits per heavy atom. The van der Waals surface area contributed by atoms with Gasteiger partial charge < -0.3 is 14.2 Å². The Morgan fingerprint density at radius 3 is 0.724 bits per heavy atom. The predicted molar refractivity (Wildman–Crippen MR) is 330 cm³/mol. The number of hydrogen-bond acceptors (Lipinski definition) is 6. The van der Waals surface area contributed by atoms with Crippen molar-refractivity contribution in [3.8, 4) is 0 Å². The van der Waals surface area contributed by atoms with Gasteiger partial charge in [-0.1, -0.05) is 340 Å². The van der Waals surface area contributed by atoms with Crippen LogP contribution in [-0.2, 0) is 28.6 Å². The number of ether oxygens (including phenoxy) is 3. The minimum atomic E-state index is -0.768. The zero-order valence-corrected chi connectivity index (χ0v) is 51.6. The van der Waals surface area contributed by atoms with Crippen molar-refractivity contribution >= 4 is 17.9 Å². The normalized spacial score (nSPS) is 12.1.